The lowest BCUT2D eigenvalue weighted by atomic mass is 10.1. The fraction of sp³-hybridized carbons (Fsp3) is 0.348. The molecule has 2 rings (SSSR count). The summed E-state index contributed by atoms with van der Waals surface area (Å²) >= 11 is 0. The SMILES string of the molecule is CCOc1ccc(CN(CC)C(=O)c2cc(NC(C)=O)cc(NC(C)=O)c2)cc1OC. The van der Waals surface area contributed by atoms with Gasteiger partial charge in [-0.15, -0.1) is 0 Å². The van der Waals surface area contributed by atoms with E-state index in [2.05, 4.69) is 10.6 Å². The first-order chi connectivity index (χ1) is 14.8. The van der Waals surface area contributed by atoms with Crippen LogP contribution < -0.4 is 20.1 Å². The number of hydrogen-bond donors (Lipinski definition) is 2. The Morgan fingerprint density at radius 2 is 1.52 bits per heavy atom. The third kappa shape index (κ3) is 6.74. The predicted octanol–water partition coefficient (Wildman–Crippen LogP) is 3.67. The Balaban J connectivity index is 2.32. The van der Waals surface area contributed by atoms with E-state index in [0.29, 0.717) is 48.1 Å². The highest BCUT2D eigenvalue weighted by Gasteiger charge is 2.18. The van der Waals surface area contributed by atoms with E-state index >= 15 is 0 Å². The Morgan fingerprint density at radius 1 is 0.903 bits per heavy atom. The largest absolute Gasteiger partial charge is 0.493 e. The second kappa shape index (κ2) is 11.0. The number of methoxy groups -OCH3 is 1. The van der Waals surface area contributed by atoms with Gasteiger partial charge >= 0.3 is 0 Å². The van der Waals surface area contributed by atoms with Gasteiger partial charge in [0.25, 0.3) is 5.91 Å². The van der Waals surface area contributed by atoms with E-state index in [0.717, 1.165) is 5.56 Å². The molecular formula is C23H29N3O5. The Hall–Kier alpha value is -3.55. The van der Waals surface area contributed by atoms with E-state index in [1.807, 2.05) is 32.0 Å². The first-order valence-corrected chi connectivity index (χ1v) is 10.1. The monoisotopic (exact) mass is 427 g/mol. The van der Waals surface area contributed by atoms with E-state index in [1.54, 1.807) is 30.2 Å². The predicted molar refractivity (Wildman–Crippen MR) is 120 cm³/mol. The first-order valence-electron chi connectivity index (χ1n) is 10.1. The van der Waals surface area contributed by atoms with Gasteiger partial charge in [0.2, 0.25) is 11.8 Å². The van der Waals surface area contributed by atoms with Crippen molar-refractivity contribution in [3.8, 4) is 11.5 Å². The number of benzene rings is 2. The van der Waals surface area contributed by atoms with E-state index in [9.17, 15) is 14.4 Å². The molecule has 0 aliphatic rings. The molecule has 0 heterocycles. The van der Waals surface area contributed by atoms with Crippen LogP contribution in [0.4, 0.5) is 11.4 Å². The van der Waals surface area contributed by atoms with Crippen LogP contribution in [-0.4, -0.2) is 42.9 Å². The van der Waals surface area contributed by atoms with Crippen molar-refractivity contribution in [1.82, 2.24) is 4.90 Å². The summed E-state index contributed by atoms with van der Waals surface area (Å²) in [7, 11) is 1.57. The zero-order valence-corrected chi connectivity index (χ0v) is 18.6. The molecule has 3 amide bonds. The third-order valence-corrected chi connectivity index (χ3v) is 4.39. The molecule has 0 unspecified atom stereocenters. The lowest BCUT2D eigenvalue weighted by Gasteiger charge is -2.22. The number of nitrogens with zero attached hydrogens (tertiary/aromatic N) is 1. The quantitative estimate of drug-likeness (QED) is 0.636. The van der Waals surface area contributed by atoms with Crippen LogP contribution in [0.2, 0.25) is 0 Å². The van der Waals surface area contributed by atoms with Gasteiger partial charge in [-0.1, -0.05) is 6.07 Å². The zero-order chi connectivity index (χ0) is 23.0. The van der Waals surface area contributed by atoms with Crippen LogP contribution >= 0.6 is 0 Å². The maximum atomic E-state index is 13.2. The molecule has 166 valence electrons. The molecule has 0 spiro atoms. The maximum absolute atomic E-state index is 13.2. The molecule has 0 aliphatic heterocycles. The van der Waals surface area contributed by atoms with Crippen molar-refractivity contribution in [2.75, 3.05) is 30.9 Å². The van der Waals surface area contributed by atoms with Crippen LogP contribution in [0.25, 0.3) is 0 Å². The molecule has 0 saturated carbocycles. The second-order valence-corrected chi connectivity index (χ2v) is 6.90. The van der Waals surface area contributed by atoms with Crippen LogP contribution in [0.5, 0.6) is 11.5 Å². The highest BCUT2D eigenvalue weighted by Crippen LogP contribution is 2.29. The standard InChI is InChI=1S/C23H29N3O5/c1-6-26(14-17-8-9-21(31-7-2)22(10-17)30-5)23(29)18-11-19(24-15(3)27)13-20(12-18)25-16(4)28/h8-13H,6-7,14H2,1-5H3,(H,24,27)(H,25,28). The van der Waals surface area contributed by atoms with E-state index in [-0.39, 0.29) is 17.7 Å². The van der Waals surface area contributed by atoms with Crippen LogP contribution in [0, 0.1) is 0 Å². The summed E-state index contributed by atoms with van der Waals surface area (Å²) in [5.41, 5.74) is 2.10. The molecule has 0 bridgehead atoms. The molecule has 0 fully saturated rings. The van der Waals surface area contributed by atoms with E-state index in [4.69, 9.17) is 9.47 Å². The number of anilines is 2. The van der Waals surface area contributed by atoms with Crippen molar-refractivity contribution in [1.29, 1.82) is 0 Å². The molecule has 0 radical (unpaired) electrons. The first kappa shape index (κ1) is 23.7. The molecule has 31 heavy (non-hydrogen) atoms. The van der Waals surface area contributed by atoms with Crippen molar-refractivity contribution in [3.05, 3.63) is 47.5 Å². The lowest BCUT2D eigenvalue weighted by Crippen LogP contribution is -2.30. The second-order valence-electron chi connectivity index (χ2n) is 6.90. The number of rotatable bonds is 9. The summed E-state index contributed by atoms with van der Waals surface area (Å²) in [6, 6.07) is 10.3. The van der Waals surface area contributed by atoms with E-state index < -0.39 is 0 Å². The van der Waals surface area contributed by atoms with Crippen molar-refractivity contribution in [2.45, 2.75) is 34.2 Å². The number of ether oxygens (including phenoxy) is 2. The molecule has 2 aromatic carbocycles. The van der Waals surface area contributed by atoms with Crippen molar-refractivity contribution in [2.24, 2.45) is 0 Å². The van der Waals surface area contributed by atoms with Crippen LogP contribution in [0.1, 0.15) is 43.6 Å². The molecular weight excluding hydrogens is 398 g/mol. The molecule has 0 aromatic heterocycles. The average Bonchev–Trinajstić information content (AvgIpc) is 2.71. The minimum Gasteiger partial charge on any atom is -0.493 e. The smallest absolute Gasteiger partial charge is 0.254 e. The van der Waals surface area contributed by atoms with Crippen molar-refractivity contribution < 1.29 is 23.9 Å². The normalized spacial score (nSPS) is 10.2. The fourth-order valence-corrected chi connectivity index (χ4v) is 3.12. The summed E-state index contributed by atoms with van der Waals surface area (Å²) in [5.74, 6) is 0.475. The summed E-state index contributed by atoms with van der Waals surface area (Å²) in [5, 5.41) is 5.32. The molecule has 0 aliphatic carbocycles. The maximum Gasteiger partial charge on any atom is 0.254 e. The van der Waals surface area contributed by atoms with Gasteiger partial charge in [0.15, 0.2) is 11.5 Å². The molecule has 2 N–H and O–H groups in total. The van der Waals surface area contributed by atoms with Gasteiger partial charge in [0.05, 0.1) is 13.7 Å². The topological polar surface area (TPSA) is 97.0 Å². The Labute approximate surface area is 182 Å². The molecule has 0 atom stereocenters. The van der Waals surface area contributed by atoms with Crippen LogP contribution in [-0.2, 0) is 16.1 Å². The van der Waals surface area contributed by atoms with Crippen LogP contribution in [0.15, 0.2) is 36.4 Å². The summed E-state index contributed by atoms with van der Waals surface area (Å²) in [6.45, 7) is 7.89. The van der Waals surface area contributed by atoms with Crippen LogP contribution in [0.3, 0.4) is 0 Å². The number of amides is 3. The van der Waals surface area contributed by atoms with Gasteiger partial charge in [-0.05, 0) is 49.7 Å². The van der Waals surface area contributed by atoms with E-state index in [1.165, 1.54) is 13.8 Å². The Morgan fingerprint density at radius 3 is 2.00 bits per heavy atom. The summed E-state index contributed by atoms with van der Waals surface area (Å²) < 4.78 is 10.9. The van der Waals surface area contributed by atoms with Gasteiger partial charge in [-0.3, -0.25) is 14.4 Å². The van der Waals surface area contributed by atoms with Crippen molar-refractivity contribution >= 4 is 29.1 Å². The fourth-order valence-electron chi connectivity index (χ4n) is 3.12. The van der Waals surface area contributed by atoms with Gasteiger partial charge in [0, 0.05) is 43.9 Å². The molecule has 8 heteroatoms. The minimum absolute atomic E-state index is 0.228. The zero-order valence-electron chi connectivity index (χ0n) is 18.6. The average molecular weight is 428 g/mol. The third-order valence-electron chi connectivity index (χ3n) is 4.39. The molecule has 8 nitrogen and oxygen atoms in total. The van der Waals surface area contributed by atoms with Gasteiger partial charge < -0.3 is 25.0 Å². The highest BCUT2D eigenvalue weighted by molar-refractivity contribution is 6.00. The Bertz CT molecular complexity index is 924. The number of carbonyl (C=O) groups excluding carboxylic acids is 3. The summed E-state index contributed by atoms with van der Waals surface area (Å²) in [6.07, 6.45) is 0. The van der Waals surface area contributed by atoms with Gasteiger partial charge in [-0.2, -0.15) is 0 Å². The highest BCUT2D eigenvalue weighted by atomic mass is 16.5. The summed E-state index contributed by atoms with van der Waals surface area (Å²) in [4.78, 5) is 37.8. The number of nitrogens with one attached hydrogen (secondary N) is 2. The minimum atomic E-state index is -0.271. The molecule has 0 saturated heterocycles. The molecule has 2 aromatic rings. The van der Waals surface area contributed by atoms with Gasteiger partial charge in [0.1, 0.15) is 0 Å². The van der Waals surface area contributed by atoms with Crippen molar-refractivity contribution in [3.63, 3.8) is 0 Å². The Kier molecular flexibility index (Phi) is 8.43. The van der Waals surface area contributed by atoms with Gasteiger partial charge in [-0.25, -0.2) is 0 Å². The lowest BCUT2D eigenvalue weighted by molar-refractivity contribution is -0.115. The number of carbonyl (C=O) groups is 3. The number of hydrogen-bond acceptors (Lipinski definition) is 5.